The van der Waals surface area contributed by atoms with E-state index in [1.54, 1.807) is 125 Å². The van der Waals surface area contributed by atoms with Crippen molar-refractivity contribution in [3.8, 4) is 34.3 Å². The molecule has 0 fully saturated rings. The van der Waals surface area contributed by atoms with Gasteiger partial charge in [-0.05, 0) is 190 Å². The maximum atomic E-state index is 14.5. The molecule has 14 rings (SSSR count). The van der Waals surface area contributed by atoms with Crippen LogP contribution in [0.1, 0.15) is 229 Å². The molecular formula is C104H126N6O21Si2. The van der Waals surface area contributed by atoms with Gasteiger partial charge in [0.2, 0.25) is 5.60 Å². The number of hydrogen-bond donors (Lipinski definition) is 5. The number of aryl methyl sites for hydroxylation is 2. The molecule has 0 bridgehead atoms. The summed E-state index contributed by atoms with van der Waals surface area (Å²) in [7, 11) is -5.79. The smallest absolute Gasteiger partial charge is 0.408 e. The molecule has 4 aromatic heterocycles. The van der Waals surface area contributed by atoms with Crippen molar-refractivity contribution in [2.75, 3.05) is 0 Å². The van der Waals surface area contributed by atoms with Gasteiger partial charge in [0, 0.05) is 33.0 Å². The SMILES string of the molecule is CC(C)(C)OC(=O)CCC(=O)O.CC(C)C(NC(=O)OC(C)(C)C)C(=O)O.CCc1c2c(nc3ccc(O[Si](c4ccccc4)(c4ccccc4)C(C)(C)C)cc13)-c1cc3c(c(=O)n1C2)COC(=O)[C@@]3(CC)OC(=O)C(NC(=O)OC(C)(C)C)C(C)C.CCc1c2c(nc3ccc(O[Si](c4ccccc4)(c4ccccc4)C(C)(C)C)cc13)-c1cc3c(c(=O)n1C2)COC(=O)[C@]3(O)CC. The van der Waals surface area contributed by atoms with Crippen molar-refractivity contribution in [1.82, 2.24) is 29.7 Å². The van der Waals surface area contributed by atoms with Crippen LogP contribution in [0.15, 0.2) is 179 Å². The molecule has 0 saturated carbocycles. The van der Waals surface area contributed by atoms with Crippen molar-refractivity contribution >= 4 is 107 Å². The van der Waals surface area contributed by atoms with Crippen LogP contribution < -0.4 is 51.4 Å². The van der Waals surface area contributed by atoms with Crippen molar-refractivity contribution in [2.24, 2.45) is 11.8 Å². The van der Waals surface area contributed by atoms with Crippen LogP contribution in [-0.2, 0) is 108 Å². The van der Waals surface area contributed by atoms with E-state index >= 15 is 0 Å². The molecule has 0 radical (unpaired) electrons. The quantitative estimate of drug-likeness (QED) is 0.0239. The Labute approximate surface area is 778 Å². The highest BCUT2D eigenvalue weighted by Gasteiger charge is 2.56. The van der Waals surface area contributed by atoms with E-state index in [1.165, 1.54) is 20.7 Å². The van der Waals surface area contributed by atoms with Gasteiger partial charge in [-0.2, -0.15) is 0 Å². The van der Waals surface area contributed by atoms with E-state index in [-0.39, 0.29) is 83.7 Å². The second-order valence-corrected chi connectivity index (χ2v) is 48.0. The molecule has 6 aromatic carbocycles. The van der Waals surface area contributed by atoms with Gasteiger partial charge >= 0.3 is 64.6 Å². The summed E-state index contributed by atoms with van der Waals surface area (Å²) in [6, 6.07) is 55.8. The summed E-state index contributed by atoms with van der Waals surface area (Å²) in [4.78, 5) is 135. The van der Waals surface area contributed by atoms with E-state index in [0.717, 1.165) is 62.0 Å². The largest absolute Gasteiger partial charge is 0.534 e. The fourth-order valence-corrected chi connectivity index (χ4v) is 26.6. The third-order valence-corrected chi connectivity index (χ3v) is 33.9. The second-order valence-electron chi connectivity index (χ2n) is 39.6. The zero-order chi connectivity index (χ0) is 97.8. The van der Waals surface area contributed by atoms with Crippen LogP contribution in [0.4, 0.5) is 9.59 Å². The molecule has 0 spiro atoms. The van der Waals surface area contributed by atoms with E-state index in [9.17, 15) is 53.1 Å². The second kappa shape index (κ2) is 39.7. The Morgan fingerprint density at radius 2 is 0.835 bits per heavy atom. The minimum atomic E-state index is -2.93. The van der Waals surface area contributed by atoms with Crippen LogP contribution in [0, 0.1) is 11.8 Å². The van der Waals surface area contributed by atoms with Crippen LogP contribution in [-0.4, -0.2) is 128 Å². The average molecular weight is 1850 g/mol. The lowest BCUT2D eigenvalue weighted by Gasteiger charge is -2.43. The molecule has 4 atom stereocenters. The fraction of sp³-hybridized carbons (Fsp3) is 0.423. The average Bonchev–Trinajstić information content (AvgIpc) is 1.60. The number of aromatic nitrogens is 4. The molecule has 706 valence electrons. The monoisotopic (exact) mass is 1850 g/mol. The van der Waals surface area contributed by atoms with Gasteiger partial charge in [0.1, 0.15) is 53.6 Å². The third-order valence-electron chi connectivity index (χ3n) is 24.0. The molecule has 27 nitrogen and oxygen atoms in total. The van der Waals surface area contributed by atoms with Crippen LogP contribution in [0.3, 0.4) is 0 Å². The molecule has 133 heavy (non-hydrogen) atoms. The number of fused-ring (bicyclic) bond motifs is 10. The van der Waals surface area contributed by atoms with Gasteiger partial charge in [0.05, 0.1) is 70.9 Å². The zero-order valence-corrected chi connectivity index (χ0v) is 82.5. The number of carbonyl (C=O) groups excluding carboxylic acids is 6. The third kappa shape index (κ3) is 21.2. The number of rotatable bonds is 22. The zero-order valence-electron chi connectivity index (χ0n) is 80.5. The number of carboxylic acid groups (broad SMARTS) is 2. The van der Waals surface area contributed by atoms with Crippen LogP contribution >= 0.6 is 0 Å². The number of alkyl carbamates (subject to hydrolysis) is 2. The van der Waals surface area contributed by atoms with Gasteiger partial charge in [-0.3, -0.25) is 19.2 Å². The van der Waals surface area contributed by atoms with Gasteiger partial charge in [-0.25, -0.2) is 38.7 Å². The number of carboxylic acids is 2. The molecule has 2 unspecified atom stereocenters. The first kappa shape index (κ1) is 101. The number of hydrogen-bond acceptors (Lipinski definition) is 21. The van der Waals surface area contributed by atoms with Crippen molar-refractivity contribution < 1.29 is 90.9 Å². The number of aliphatic hydroxyl groups is 1. The van der Waals surface area contributed by atoms with Crippen molar-refractivity contribution in [1.29, 1.82) is 0 Å². The molecule has 4 aliphatic heterocycles. The standard InChI is InChI=1S/C48H55N3O8Si.C38H38N2O5Si.C10H19NO4.C8H14O4/c1-11-33-34-25-30(59-60(47(8,9)10,31-19-15-13-16-20-31)32-21-17-14-18-22-32)23-24-38(34)49-41-35(33)27-51-39(41)26-37-36(42(51)52)28-56-44(54)48(37,12-2)57-43(53)40(29(3)4)50-45(55)58-46(5,6)7;1-6-27-28-20-24(45-46(37(3,4)5,25-14-10-8-11-15-25)26-16-12-9-13-17-26)18-19-32(28)39-34-29(27)22-40-33(34)21-31-30(35(40)41)23-44-36(42)38(31,43)7-2;1-6(2)7(8(12)13)11-9(14)15-10(3,4)5;1-8(2,3)12-7(11)5-4-6(9)10/h13-26,29,40H,11-12,27-28H2,1-10H3,(H,50,55);8-21,43H,6-7,22-23H2,1-5H3;6-7H,1-5H3,(H,11,14)(H,12,13);4-5H2,1-3H3,(H,9,10)/t40?,48-;38-;;/m00../s1. The highest BCUT2D eigenvalue weighted by molar-refractivity contribution is 7.00. The summed E-state index contributed by atoms with van der Waals surface area (Å²) >= 11 is 0. The van der Waals surface area contributed by atoms with Gasteiger partial charge in [-0.15, -0.1) is 0 Å². The highest BCUT2D eigenvalue weighted by Crippen LogP contribution is 2.47. The Balaban J connectivity index is 0.000000204. The minimum absolute atomic E-state index is 0.0168. The first-order valence-corrected chi connectivity index (χ1v) is 49.2. The number of esters is 4. The van der Waals surface area contributed by atoms with Crippen molar-refractivity contribution in [2.45, 2.75) is 274 Å². The Morgan fingerprint density at radius 3 is 1.17 bits per heavy atom. The first-order chi connectivity index (χ1) is 62.3. The molecule has 0 aliphatic carbocycles. The number of nitrogens with one attached hydrogen (secondary N) is 2. The number of amides is 2. The van der Waals surface area contributed by atoms with E-state index in [1.807, 2.05) is 48.5 Å². The molecular weight excluding hydrogens is 1730 g/mol. The number of ether oxygens (including phenoxy) is 6. The molecule has 2 amide bonds. The minimum Gasteiger partial charge on any atom is -0.534 e. The number of pyridine rings is 4. The summed E-state index contributed by atoms with van der Waals surface area (Å²) < 4.78 is 50.3. The molecule has 4 aliphatic rings. The number of nitrogens with zero attached hydrogens (tertiary/aromatic N) is 4. The Kier molecular flexibility index (Phi) is 30.1. The highest BCUT2D eigenvalue weighted by atomic mass is 28.4. The van der Waals surface area contributed by atoms with Gasteiger partial charge in [0.15, 0.2) is 5.60 Å². The van der Waals surface area contributed by atoms with Crippen molar-refractivity contribution in [3.63, 3.8) is 0 Å². The van der Waals surface area contributed by atoms with E-state index in [4.69, 9.17) is 57.5 Å². The summed E-state index contributed by atoms with van der Waals surface area (Å²) in [5, 5.41) is 39.5. The van der Waals surface area contributed by atoms with Crippen molar-refractivity contribution in [3.05, 3.63) is 235 Å². The first-order valence-electron chi connectivity index (χ1n) is 45.3. The summed E-state index contributed by atoms with van der Waals surface area (Å²) in [5.41, 5.74) is 2.80. The van der Waals surface area contributed by atoms with Gasteiger partial charge in [-0.1, -0.05) is 218 Å². The van der Waals surface area contributed by atoms with E-state index < -0.39 is 111 Å². The number of aliphatic carboxylic acids is 2. The van der Waals surface area contributed by atoms with Gasteiger partial charge in [0.25, 0.3) is 11.1 Å². The van der Waals surface area contributed by atoms with Crippen LogP contribution in [0.5, 0.6) is 11.5 Å². The normalized spacial score (nSPS) is 16.0. The predicted octanol–water partition coefficient (Wildman–Crippen LogP) is 16.1. The van der Waals surface area contributed by atoms with E-state index in [0.29, 0.717) is 46.9 Å². The number of benzene rings is 6. The van der Waals surface area contributed by atoms with Gasteiger partial charge < -0.3 is 72.4 Å². The molecule has 5 N–H and O–H groups in total. The topological polar surface area (TPSA) is 365 Å². The predicted molar refractivity (Wildman–Crippen MR) is 515 cm³/mol. The molecule has 10 aromatic rings. The fourth-order valence-electron chi connectivity index (χ4n) is 17.7. The van der Waals surface area contributed by atoms with Crippen LogP contribution in [0.2, 0.25) is 10.1 Å². The molecule has 8 heterocycles. The number of cyclic esters (lactones) is 2. The summed E-state index contributed by atoms with van der Waals surface area (Å²) in [5.74, 6) is -3.96. The Bertz CT molecular complexity index is 6100. The van der Waals surface area contributed by atoms with E-state index in [2.05, 4.69) is 175 Å². The number of carbonyl (C=O) groups is 8. The lowest BCUT2D eigenvalue weighted by molar-refractivity contribution is -0.191. The summed E-state index contributed by atoms with van der Waals surface area (Å²) in [6.45, 7) is 43.8. The lowest BCUT2D eigenvalue weighted by Crippen LogP contribution is -2.68. The Hall–Kier alpha value is -12.6. The maximum absolute atomic E-state index is 14.5. The summed E-state index contributed by atoms with van der Waals surface area (Å²) in [6.07, 6.45) is -0.260. The van der Waals surface area contributed by atoms with Crippen LogP contribution in [0.25, 0.3) is 44.6 Å². The maximum Gasteiger partial charge on any atom is 0.408 e. The molecule has 0 saturated heterocycles. The molecule has 29 heteroatoms. The Morgan fingerprint density at radius 1 is 0.466 bits per heavy atom. The lowest BCUT2D eigenvalue weighted by atomic mass is 9.85.